The Bertz CT molecular complexity index is 332. The van der Waals surface area contributed by atoms with Crippen molar-refractivity contribution in [3.8, 4) is 0 Å². The van der Waals surface area contributed by atoms with Gasteiger partial charge in [0.05, 0.1) is 12.2 Å². The van der Waals surface area contributed by atoms with Crippen molar-refractivity contribution in [2.24, 2.45) is 0 Å². The van der Waals surface area contributed by atoms with Gasteiger partial charge < -0.3 is 9.64 Å². The summed E-state index contributed by atoms with van der Waals surface area (Å²) in [6, 6.07) is 2.02. The van der Waals surface area contributed by atoms with Gasteiger partial charge >= 0.3 is 0 Å². The summed E-state index contributed by atoms with van der Waals surface area (Å²) in [5.41, 5.74) is 1.01. The van der Waals surface area contributed by atoms with Gasteiger partial charge in [-0.25, -0.2) is 9.97 Å². The van der Waals surface area contributed by atoms with E-state index in [1.807, 2.05) is 13.0 Å². The number of rotatable bonds is 1. The van der Waals surface area contributed by atoms with Crippen LogP contribution in [-0.4, -0.2) is 35.3 Å². The van der Waals surface area contributed by atoms with Gasteiger partial charge in [0.1, 0.15) is 12.1 Å². The minimum Gasteiger partial charge on any atom is -0.372 e. The van der Waals surface area contributed by atoms with Gasteiger partial charge in [-0.15, -0.1) is 0 Å². The Morgan fingerprint density at radius 3 is 2.53 bits per heavy atom. The van der Waals surface area contributed by atoms with E-state index in [-0.39, 0.29) is 12.2 Å². The third kappa shape index (κ3) is 2.45. The molecule has 1 aromatic rings. The average molecular weight is 207 g/mol. The molecule has 1 aliphatic rings. The number of hydrogen-bond acceptors (Lipinski definition) is 4. The fraction of sp³-hybridized carbons (Fsp3) is 0.636. The zero-order valence-electron chi connectivity index (χ0n) is 9.47. The third-order valence-electron chi connectivity index (χ3n) is 2.53. The normalized spacial score (nSPS) is 26.7. The molecule has 1 saturated heterocycles. The molecule has 0 amide bonds. The quantitative estimate of drug-likeness (QED) is 0.697. The van der Waals surface area contributed by atoms with Crippen LogP contribution in [0, 0.1) is 6.92 Å². The van der Waals surface area contributed by atoms with Crippen LogP contribution in [0.3, 0.4) is 0 Å². The Morgan fingerprint density at radius 2 is 1.93 bits per heavy atom. The first-order chi connectivity index (χ1) is 7.15. The molecule has 4 nitrogen and oxygen atoms in total. The maximum Gasteiger partial charge on any atom is 0.132 e. The third-order valence-corrected chi connectivity index (χ3v) is 2.53. The largest absolute Gasteiger partial charge is 0.372 e. The highest BCUT2D eigenvalue weighted by Gasteiger charge is 2.22. The van der Waals surface area contributed by atoms with E-state index < -0.39 is 0 Å². The number of morpholine rings is 1. The fourth-order valence-electron chi connectivity index (χ4n) is 1.98. The van der Waals surface area contributed by atoms with E-state index in [4.69, 9.17) is 4.74 Å². The molecule has 15 heavy (non-hydrogen) atoms. The van der Waals surface area contributed by atoms with Gasteiger partial charge in [0.25, 0.3) is 0 Å². The van der Waals surface area contributed by atoms with E-state index >= 15 is 0 Å². The second kappa shape index (κ2) is 4.14. The summed E-state index contributed by atoms with van der Waals surface area (Å²) in [7, 11) is 0. The summed E-state index contributed by atoms with van der Waals surface area (Å²) in [5.74, 6) is 1.00. The molecule has 0 aliphatic carbocycles. The monoisotopic (exact) mass is 207 g/mol. The van der Waals surface area contributed by atoms with E-state index in [1.165, 1.54) is 0 Å². The van der Waals surface area contributed by atoms with Gasteiger partial charge in [-0.05, 0) is 20.8 Å². The molecule has 2 heterocycles. The summed E-state index contributed by atoms with van der Waals surface area (Å²) < 4.78 is 5.68. The lowest BCUT2D eigenvalue weighted by Gasteiger charge is -2.36. The number of ether oxygens (including phenoxy) is 1. The van der Waals surface area contributed by atoms with Crippen LogP contribution in [0.1, 0.15) is 19.5 Å². The molecule has 4 heteroatoms. The van der Waals surface area contributed by atoms with Gasteiger partial charge in [-0.2, -0.15) is 0 Å². The highest BCUT2D eigenvalue weighted by molar-refractivity contribution is 5.39. The second-order valence-corrected chi connectivity index (χ2v) is 4.18. The van der Waals surface area contributed by atoms with Crippen molar-refractivity contribution in [1.82, 2.24) is 9.97 Å². The zero-order valence-corrected chi connectivity index (χ0v) is 9.47. The van der Waals surface area contributed by atoms with Gasteiger partial charge in [0.2, 0.25) is 0 Å². The van der Waals surface area contributed by atoms with Gasteiger partial charge in [0, 0.05) is 24.8 Å². The second-order valence-electron chi connectivity index (χ2n) is 4.18. The van der Waals surface area contributed by atoms with E-state index in [1.54, 1.807) is 6.33 Å². The summed E-state index contributed by atoms with van der Waals surface area (Å²) in [5, 5.41) is 0. The molecule has 2 rings (SSSR count). The molecule has 0 aromatic carbocycles. The molecule has 2 unspecified atom stereocenters. The number of aryl methyl sites for hydroxylation is 1. The van der Waals surface area contributed by atoms with Crippen molar-refractivity contribution in [1.29, 1.82) is 0 Å². The Morgan fingerprint density at radius 1 is 1.27 bits per heavy atom. The van der Waals surface area contributed by atoms with Crippen molar-refractivity contribution in [3.05, 3.63) is 18.1 Å². The molecule has 0 N–H and O–H groups in total. The molecule has 0 radical (unpaired) electrons. The molecular formula is C11H17N3O. The first kappa shape index (κ1) is 10.4. The molecule has 1 aliphatic heterocycles. The minimum atomic E-state index is 0.268. The van der Waals surface area contributed by atoms with Crippen LogP contribution < -0.4 is 4.90 Å². The smallest absolute Gasteiger partial charge is 0.132 e. The first-order valence-corrected chi connectivity index (χ1v) is 5.34. The highest BCUT2D eigenvalue weighted by atomic mass is 16.5. The molecular weight excluding hydrogens is 190 g/mol. The van der Waals surface area contributed by atoms with Crippen molar-refractivity contribution in [2.45, 2.75) is 33.0 Å². The van der Waals surface area contributed by atoms with Crippen LogP contribution in [0.4, 0.5) is 5.82 Å². The van der Waals surface area contributed by atoms with E-state index in [0.29, 0.717) is 0 Å². The molecule has 0 saturated carbocycles. The summed E-state index contributed by atoms with van der Waals surface area (Å²) >= 11 is 0. The predicted molar refractivity (Wildman–Crippen MR) is 59.0 cm³/mol. The number of aromatic nitrogens is 2. The van der Waals surface area contributed by atoms with E-state index in [9.17, 15) is 0 Å². The van der Waals surface area contributed by atoms with Crippen LogP contribution in [0.2, 0.25) is 0 Å². The highest BCUT2D eigenvalue weighted by Crippen LogP contribution is 2.17. The summed E-state index contributed by atoms with van der Waals surface area (Å²) in [6.45, 7) is 7.98. The maximum absolute atomic E-state index is 5.68. The van der Waals surface area contributed by atoms with Crippen LogP contribution in [-0.2, 0) is 4.74 Å². The van der Waals surface area contributed by atoms with Crippen molar-refractivity contribution in [2.75, 3.05) is 18.0 Å². The number of hydrogen-bond donors (Lipinski definition) is 0. The Balaban J connectivity index is 2.16. The SMILES string of the molecule is Cc1cc(N2CC(C)OC(C)C2)ncn1. The molecule has 2 atom stereocenters. The zero-order chi connectivity index (χ0) is 10.8. The Hall–Kier alpha value is -1.16. The minimum absolute atomic E-state index is 0.268. The predicted octanol–water partition coefficient (Wildman–Crippen LogP) is 1.40. The Labute approximate surface area is 90.3 Å². The van der Waals surface area contributed by atoms with Gasteiger partial charge in [-0.1, -0.05) is 0 Å². The fourth-order valence-corrected chi connectivity index (χ4v) is 1.98. The van der Waals surface area contributed by atoms with Crippen LogP contribution in [0.15, 0.2) is 12.4 Å². The van der Waals surface area contributed by atoms with E-state index in [0.717, 1.165) is 24.6 Å². The first-order valence-electron chi connectivity index (χ1n) is 5.34. The standard InChI is InChI=1S/C11H17N3O/c1-8-4-11(13-7-12-8)14-5-9(2)15-10(3)6-14/h4,7,9-10H,5-6H2,1-3H3. The summed E-state index contributed by atoms with van der Waals surface area (Å²) in [4.78, 5) is 10.7. The number of anilines is 1. The van der Waals surface area contributed by atoms with Crippen molar-refractivity contribution < 1.29 is 4.74 Å². The van der Waals surface area contributed by atoms with Gasteiger partial charge in [-0.3, -0.25) is 0 Å². The Kier molecular flexibility index (Phi) is 2.86. The average Bonchev–Trinajstić information content (AvgIpc) is 2.16. The van der Waals surface area contributed by atoms with Crippen LogP contribution >= 0.6 is 0 Å². The van der Waals surface area contributed by atoms with Crippen molar-refractivity contribution in [3.63, 3.8) is 0 Å². The van der Waals surface area contributed by atoms with Crippen LogP contribution in [0.25, 0.3) is 0 Å². The molecule has 1 fully saturated rings. The topological polar surface area (TPSA) is 38.2 Å². The lowest BCUT2D eigenvalue weighted by molar-refractivity contribution is -0.00547. The molecule has 0 bridgehead atoms. The molecule has 82 valence electrons. The molecule has 1 aromatic heterocycles. The lowest BCUT2D eigenvalue weighted by atomic mass is 10.2. The van der Waals surface area contributed by atoms with Crippen molar-refractivity contribution >= 4 is 5.82 Å². The van der Waals surface area contributed by atoms with E-state index in [2.05, 4.69) is 28.7 Å². The summed E-state index contributed by atoms with van der Waals surface area (Å²) in [6.07, 6.45) is 2.16. The number of nitrogens with zero attached hydrogens (tertiary/aromatic N) is 3. The van der Waals surface area contributed by atoms with Gasteiger partial charge in [0.15, 0.2) is 0 Å². The lowest BCUT2D eigenvalue weighted by Crippen LogP contribution is -2.45. The maximum atomic E-state index is 5.68. The molecule has 0 spiro atoms. The van der Waals surface area contributed by atoms with Crippen LogP contribution in [0.5, 0.6) is 0 Å².